The van der Waals surface area contributed by atoms with E-state index in [-0.39, 0.29) is 24.4 Å². The predicted octanol–water partition coefficient (Wildman–Crippen LogP) is 3.42. The lowest BCUT2D eigenvalue weighted by Gasteiger charge is -2.18. The highest BCUT2D eigenvalue weighted by molar-refractivity contribution is 6.27. The van der Waals surface area contributed by atoms with E-state index in [4.69, 9.17) is 16.3 Å². The first-order valence-corrected chi connectivity index (χ1v) is 6.79. The van der Waals surface area contributed by atoms with E-state index >= 15 is 0 Å². The maximum atomic E-state index is 13.2. The Morgan fingerprint density at radius 3 is 2.80 bits per heavy atom. The quantitative estimate of drug-likeness (QED) is 0.754. The normalized spacial score (nSPS) is 11.6. The first-order chi connectivity index (χ1) is 9.42. The molecule has 0 spiro atoms. The molecule has 0 atom stereocenters. The van der Waals surface area contributed by atoms with E-state index in [9.17, 15) is 9.18 Å². The summed E-state index contributed by atoms with van der Waals surface area (Å²) in [5.41, 5.74) is 2.93. The molecule has 0 N–H and O–H groups in total. The monoisotopic (exact) mass is 299 g/mol. The van der Waals surface area contributed by atoms with Crippen LogP contribution in [0.4, 0.5) is 4.39 Å². The van der Waals surface area contributed by atoms with Gasteiger partial charge in [0.15, 0.2) is 0 Å². The summed E-state index contributed by atoms with van der Waals surface area (Å²) in [6.07, 6.45) is 1.50. The van der Waals surface area contributed by atoms with Gasteiger partial charge in [-0.3, -0.25) is 9.69 Å². The van der Waals surface area contributed by atoms with Gasteiger partial charge >= 0.3 is 5.97 Å². The molecule has 110 valence electrons. The SMILES string of the molecule is CC(C)OC(=O)CN(C)Cc1ccc(F)cc1/C=C\Cl. The zero-order valence-electron chi connectivity index (χ0n) is 11.9. The molecule has 0 aliphatic rings. The van der Waals surface area contributed by atoms with Gasteiger partial charge in [0.05, 0.1) is 12.6 Å². The van der Waals surface area contributed by atoms with Gasteiger partial charge in [0, 0.05) is 12.1 Å². The molecular weight excluding hydrogens is 281 g/mol. The predicted molar refractivity (Wildman–Crippen MR) is 78.8 cm³/mol. The van der Waals surface area contributed by atoms with Crippen LogP contribution in [-0.4, -0.2) is 30.6 Å². The minimum Gasteiger partial charge on any atom is -0.462 e. The molecule has 0 heterocycles. The van der Waals surface area contributed by atoms with E-state index < -0.39 is 0 Å². The molecule has 0 saturated heterocycles. The average Bonchev–Trinajstić information content (AvgIpc) is 2.31. The fourth-order valence-corrected chi connectivity index (χ4v) is 1.94. The Bertz CT molecular complexity index is 489. The Morgan fingerprint density at radius 1 is 1.50 bits per heavy atom. The number of hydrogen-bond acceptors (Lipinski definition) is 3. The summed E-state index contributed by atoms with van der Waals surface area (Å²) in [5.74, 6) is -0.598. The average molecular weight is 300 g/mol. The van der Waals surface area contributed by atoms with Crippen molar-refractivity contribution in [2.24, 2.45) is 0 Å². The molecule has 0 aliphatic carbocycles. The third-order valence-electron chi connectivity index (χ3n) is 2.56. The summed E-state index contributed by atoms with van der Waals surface area (Å²) < 4.78 is 18.3. The van der Waals surface area contributed by atoms with Crippen molar-refractivity contribution in [3.63, 3.8) is 0 Å². The fraction of sp³-hybridized carbons (Fsp3) is 0.400. The second-order valence-electron chi connectivity index (χ2n) is 4.85. The summed E-state index contributed by atoms with van der Waals surface area (Å²) in [5, 5.41) is 0. The Balaban J connectivity index is 2.70. The highest BCUT2D eigenvalue weighted by Crippen LogP contribution is 2.15. The van der Waals surface area contributed by atoms with E-state index in [2.05, 4.69) is 0 Å². The summed E-state index contributed by atoms with van der Waals surface area (Å²) in [6, 6.07) is 4.49. The van der Waals surface area contributed by atoms with Crippen LogP contribution in [0.2, 0.25) is 0 Å². The van der Waals surface area contributed by atoms with Crippen molar-refractivity contribution in [3.05, 3.63) is 40.7 Å². The van der Waals surface area contributed by atoms with Gasteiger partial charge in [-0.05, 0) is 50.2 Å². The van der Waals surface area contributed by atoms with Gasteiger partial charge < -0.3 is 4.74 Å². The number of benzene rings is 1. The van der Waals surface area contributed by atoms with Crippen molar-refractivity contribution >= 4 is 23.6 Å². The van der Waals surface area contributed by atoms with E-state index in [1.54, 1.807) is 33.0 Å². The van der Waals surface area contributed by atoms with Crippen LogP contribution < -0.4 is 0 Å². The van der Waals surface area contributed by atoms with Crippen molar-refractivity contribution in [2.75, 3.05) is 13.6 Å². The molecule has 20 heavy (non-hydrogen) atoms. The number of carbonyl (C=O) groups is 1. The summed E-state index contributed by atoms with van der Waals surface area (Å²) in [4.78, 5) is 13.4. The molecule has 5 heteroatoms. The fourth-order valence-electron chi connectivity index (χ4n) is 1.80. The van der Waals surface area contributed by atoms with E-state index in [0.717, 1.165) is 5.56 Å². The molecule has 0 fully saturated rings. The zero-order valence-corrected chi connectivity index (χ0v) is 12.7. The minimum atomic E-state index is -0.319. The number of halogens is 2. The second-order valence-corrected chi connectivity index (χ2v) is 5.10. The van der Waals surface area contributed by atoms with Crippen LogP contribution in [0.25, 0.3) is 6.08 Å². The Morgan fingerprint density at radius 2 is 2.20 bits per heavy atom. The van der Waals surface area contributed by atoms with Gasteiger partial charge in [-0.1, -0.05) is 17.7 Å². The van der Waals surface area contributed by atoms with Gasteiger partial charge in [-0.15, -0.1) is 0 Å². The van der Waals surface area contributed by atoms with Gasteiger partial charge in [0.25, 0.3) is 0 Å². The molecule has 1 aromatic rings. The number of likely N-dealkylation sites (N-methyl/N-ethyl adjacent to an activating group) is 1. The first-order valence-electron chi connectivity index (χ1n) is 6.35. The smallest absolute Gasteiger partial charge is 0.320 e. The highest BCUT2D eigenvalue weighted by Gasteiger charge is 2.11. The van der Waals surface area contributed by atoms with Gasteiger partial charge in [-0.2, -0.15) is 0 Å². The van der Waals surface area contributed by atoms with Crippen LogP contribution in [0, 0.1) is 5.82 Å². The van der Waals surface area contributed by atoms with Crippen LogP contribution >= 0.6 is 11.6 Å². The topological polar surface area (TPSA) is 29.5 Å². The third-order valence-corrected chi connectivity index (χ3v) is 2.68. The molecule has 3 nitrogen and oxygen atoms in total. The van der Waals surface area contributed by atoms with Crippen LogP contribution in [0.1, 0.15) is 25.0 Å². The molecule has 0 aliphatic heterocycles. The molecule has 0 aromatic heterocycles. The number of hydrogen-bond donors (Lipinski definition) is 0. The largest absolute Gasteiger partial charge is 0.462 e. The maximum Gasteiger partial charge on any atom is 0.320 e. The van der Waals surface area contributed by atoms with E-state index in [1.165, 1.54) is 17.7 Å². The summed E-state index contributed by atoms with van der Waals surface area (Å²) >= 11 is 5.55. The van der Waals surface area contributed by atoms with Gasteiger partial charge in [-0.25, -0.2) is 4.39 Å². The molecule has 0 unspecified atom stereocenters. The van der Waals surface area contributed by atoms with Gasteiger partial charge in [0.2, 0.25) is 0 Å². The minimum absolute atomic E-state index is 0.128. The van der Waals surface area contributed by atoms with Crippen LogP contribution in [0.15, 0.2) is 23.7 Å². The maximum absolute atomic E-state index is 13.2. The molecule has 1 aromatic carbocycles. The Kier molecular flexibility index (Phi) is 6.68. The summed E-state index contributed by atoms with van der Waals surface area (Å²) in [7, 11) is 1.80. The van der Waals surface area contributed by atoms with Crippen molar-refractivity contribution in [1.82, 2.24) is 4.90 Å². The number of esters is 1. The van der Waals surface area contributed by atoms with Crippen LogP contribution in [0.5, 0.6) is 0 Å². The van der Waals surface area contributed by atoms with E-state index in [1.807, 2.05) is 4.90 Å². The zero-order chi connectivity index (χ0) is 15.1. The molecule has 0 amide bonds. The standard InChI is InChI=1S/C15H19ClFNO2/c1-11(2)20-15(19)10-18(3)9-13-4-5-14(17)8-12(13)6-7-16/h4-8,11H,9-10H2,1-3H3/b7-6-. The van der Waals surface area contributed by atoms with Crippen molar-refractivity contribution in [2.45, 2.75) is 26.5 Å². The van der Waals surface area contributed by atoms with Crippen molar-refractivity contribution < 1.29 is 13.9 Å². The highest BCUT2D eigenvalue weighted by atomic mass is 35.5. The lowest BCUT2D eigenvalue weighted by Crippen LogP contribution is -2.28. The lowest BCUT2D eigenvalue weighted by molar-refractivity contribution is -0.148. The first kappa shape index (κ1) is 16.7. The lowest BCUT2D eigenvalue weighted by atomic mass is 10.1. The summed E-state index contributed by atoms with van der Waals surface area (Å²) in [6.45, 7) is 4.30. The molecule has 0 radical (unpaired) electrons. The Labute approximate surface area is 124 Å². The number of nitrogens with zero attached hydrogens (tertiary/aromatic N) is 1. The third kappa shape index (κ3) is 5.72. The number of rotatable bonds is 6. The molecule has 1 rings (SSSR count). The molecule has 0 bridgehead atoms. The van der Waals surface area contributed by atoms with Crippen LogP contribution in [0.3, 0.4) is 0 Å². The van der Waals surface area contributed by atoms with Crippen molar-refractivity contribution in [1.29, 1.82) is 0 Å². The van der Waals surface area contributed by atoms with E-state index in [0.29, 0.717) is 12.1 Å². The molecule has 0 saturated carbocycles. The van der Waals surface area contributed by atoms with Gasteiger partial charge in [0.1, 0.15) is 5.82 Å². The number of ether oxygens (including phenoxy) is 1. The second kappa shape index (κ2) is 8.02. The van der Waals surface area contributed by atoms with Crippen molar-refractivity contribution in [3.8, 4) is 0 Å². The molecular formula is C15H19ClFNO2. The number of carbonyl (C=O) groups excluding carboxylic acids is 1. The Hall–Kier alpha value is -1.39. The van der Waals surface area contributed by atoms with Crippen LogP contribution in [-0.2, 0) is 16.1 Å².